The number of carbonyl (C=O) groups is 1. The molecule has 0 atom stereocenters. The minimum Gasteiger partial charge on any atom is -0.364 e. The van der Waals surface area contributed by atoms with Crippen LogP contribution >= 0.6 is 0 Å². The molecule has 0 radical (unpaired) electrons. The van der Waals surface area contributed by atoms with E-state index in [0.29, 0.717) is 19.0 Å². The Kier molecular flexibility index (Phi) is 8.14. The van der Waals surface area contributed by atoms with E-state index in [0.717, 1.165) is 63.8 Å². The first-order valence-electron chi connectivity index (χ1n) is 10.7. The lowest BCUT2D eigenvalue weighted by molar-refractivity contribution is -0.121. The highest BCUT2D eigenvalue weighted by atomic mass is 16.5. The van der Waals surface area contributed by atoms with Crippen molar-refractivity contribution in [2.75, 3.05) is 39.3 Å². The Bertz CT molecular complexity index is 604. The first-order chi connectivity index (χ1) is 13.7. The van der Waals surface area contributed by atoms with Gasteiger partial charge in [-0.1, -0.05) is 24.4 Å². The zero-order valence-electron chi connectivity index (χ0n) is 17.0. The van der Waals surface area contributed by atoms with Crippen molar-refractivity contribution in [1.29, 1.82) is 0 Å². The second-order valence-electron chi connectivity index (χ2n) is 7.64. The van der Waals surface area contributed by atoms with Crippen LogP contribution in [-0.2, 0) is 11.3 Å². The molecular formula is C20H34N6O2. The summed E-state index contributed by atoms with van der Waals surface area (Å²) in [6, 6.07) is 2.28. The summed E-state index contributed by atoms with van der Waals surface area (Å²) in [6.07, 6.45) is 8.08. The number of carbonyl (C=O) groups excluding carboxylic acids is 1. The lowest BCUT2D eigenvalue weighted by Crippen LogP contribution is -2.52. The predicted molar refractivity (Wildman–Crippen MR) is 109 cm³/mol. The Hall–Kier alpha value is -2.09. The number of aromatic nitrogens is 1. The molecule has 2 fully saturated rings. The summed E-state index contributed by atoms with van der Waals surface area (Å²) in [4.78, 5) is 21.5. The zero-order chi connectivity index (χ0) is 19.6. The van der Waals surface area contributed by atoms with Gasteiger partial charge in [0.1, 0.15) is 6.26 Å². The summed E-state index contributed by atoms with van der Waals surface area (Å²) >= 11 is 0. The molecule has 2 N–H and O–H groups in total. The minimum atomic E-state index is 0.129. The van der Waals surface area contributed by atoms with E-state index in [9.17, 15) is 4.79 Å². The Balaban J connectivity index is 1.41. The first-order valence-corrected chi connectivity index (χ1v) is 10.7. The maximum atomic E-state index is 12.2. The summed E-state index contributed by atoms with van der Waals surface area (Å²) < 4.78 is 4.91. The maximum absolute atomic E-state index is 12.2. The van der Waals surface area contributed by atoms with E-state index in [1.807, 2.05) is 6.07 Å². The minimum absolute atomic E-state index is 0.129. The van der Waals surface area contributed by atoms with Gasteiger partial charge >= 0.3 is 0 Å². The van der Waals surface area contributed by atoms with Crippen LogP contribution in [0.5, 0.6) is 0 Å². The normalized spacial score (nSPS) is 19.6. The van der Waals surface area contributed by atoms with Crippen molar-refractivity contribution in [3.05, 3.63) is 18.0 Å². The number of hydrogen-bond acceptors (Lipinski definition) is 5. The Morgan fingerprint density at radius 3 is 2.71 bits per heavy atom. The summed E-state index contributed by atoms with van der Waals surface area (Å²) in [6.45, 7) is 7.99. The number of rotatable bonds is 7. The third-order valence-electron chi connectivity index (χ3n) is 5.45. The van der Waals surface area contributed by atoms with Crippen molar-refractivity contribution in [2.45, 2.75) is 58.0 Å². The number of amides is 1. The molecule has 0 spiro atoms. The molecule has 1 saturated heterocycles. The SMILES string of the molecule is CCNC(=NCCC(=O)NC1CCCCC1)N1CCN(Cc2ccon2)CC1. The highest BCUT2D eigenvalue weighted by Gasteiger charge is 2.20. The largest absolute Gasteiger partial charge is 0.364 e. The van der Waals surface area contributed by atoms with Gasteiger partial charge in [0.15, 0.2) is 5.96 Å². The van der Waals surface area contributed by atoms with Gasteiger partial charge in [0.2, 0.25) is 5.91 Å². The number of guanidine groups is 1. The summed E-state index contributed by atoms with van der Waals surface area (Å²) in [5.41, 5.74) is 0.970. The lowest BCUT2D eigenvalue weighted by Gasteiger charge is -2.36. The molecule has 0 unspecified atom stereocenters. The topological polar surface area (TPSA) is 86.0 Å². The van der Waals surface area contributed by atoms with E-state index in [-0.39, 0.29) is 5.91 Å². The van der Waals surface area contributed by atoms with Gasteiger partial charge in [0, 0.05) is 57.8 Å². The van der Waals surface area contributed by atoms with Crippen molar-refractivity contribution in [2.24, 2.45) is 4.99 Å². The molecule has 28 heavy (non-hydrogen) atoms. The molecule has 8 heteroatoms. The highest BCUT2D eigenvalue weighted by Crippen LogP contribution is 2.17. The molecule has 3 rings (SSSR count). The van der Waals surface area contributed by atoms with Gasteiger partial charge in [-0.2, -0.15) is 0 Å². The Morgan fingerprint density at radius 2 is 2.04 bits per heavy atom. The molecule has 1 aromatic heterocycles. The van der Waals surface area contributed by atoms with Gasteiger partial charge < -0.3 is 20.1 Å². The molecule has 2 aliphatic rings. The monoisotopic (exact) mass is 390 g/mol. The average Bonchev–Trinajstić information content (AvgIpc) is 3.22. The van der Waals surface area contributed by atoms with Crippen LogP contribution in [0.15, 0.2) is 21.8 Å². The fourth-order valence-corrected chi connectivity index (χ4v) is 3.90. The molecule has 0 bridgehead atoms. The molecule has 2 heterocycles. The van der Waals surface area contributed by atoms with Gasteiger partial charge in [-0.15, -0.1) is 0 Å². The molecular weight excluding hydrogens is 356 g/mol. The summed E-state index contributed by atoms with van der Waals surface area (Å²) in [5, 5.41) is 10.5. The second-order valence-corrected chi connectivity index (χ2v) is 7.64. The number of hydrogen-bond donors (Lipinski definition) is 2. The third kappa shape index (κ3) is 6.51. The van der Waals surface area contributed by atoms with E-state index in [2.05, 4.69) is 32.5 Å². The lowest BCUT2D eigenvalue weighted by atomic mass is 9.95. The second kappa shape index (κ2) is 11.0. The molecule has 1 saturated carbocycles. The fourth-order valence-electron chi connectivity index (χ4n) is 3.90. The number of piperazine rings is 1. The van der Waals surface area contributed by atoms with Crippen molar-refractivity contribution in [1.82, 2.24) is 25.6 Å². The van der Waals surface area contributed by atoms with Crippen molar-refractivity contribution < 1.29 is 9.32 Å². The van der Waals surface area contributed by atoms with Crippen molar-refractivity contribution in [3.63, 3.8) is 0 Å². The Labute approximate surface area is 167 Å². The highest BCUT2D eigenvalue weighted by molar-refractivity contribution is 5.81. The molecule has 1 aliphatic carbocycles. The smallest absolute Gasteiger partial charge is 0.222 e. The van der Waals surface area contributed by atoms with E-state index in [1.165, 1.54) is 19.3 Å². The molecule has 1 amide bonds. The van der Waals surface area contributed by atoms with E-state index >= 15 is 0 Å². The molecule has 1 aromatic rings. The van der Waals surface area contributed by atoms with Gasteiger partial charge in [0.05, 0.1) is 12.2 Å². The third-order valence-corrected chi connectivity index (χ3v) is 5.45. The standard InChI is InChI=1S/C20H34N6O2/c1-2-21-20(22-10-8-19(27)23-17-6-4-3-5-7-17)26-13-11-25(12-14-26)16-18-9-15-28-24-18/h9,15,17H,2-8,10-14,16H2,1H3,(H,21,22)(H,23,27). The Morgan fingerprint density at radius 1 is 1.25 bits per heavy atom. The maximum Gasteiger partial charge on any atom is 0.222 e. The van der Waals surface area contributed by atoms with E-state index < -0.39 is 0 Å². The number of nitrogens with one attached hydrogen (secondary N) is 2. The van der Waals surface area contributed by atoms with E-state index in [4.69, 9.17) is 9.52 Å². The quantitative estimate of drug-likeness (QED) is 0.543. The van der Waals surface area contributed by atoms with Gasteiger partial charge in [-0.05, 0) is 19.8 Å². The van der Waals surface area contributed by atoms with Gasteiger partial charge in [0.25, 0.3) is 0 Å². The van der Waals surface area contributed by atoms with Crippen LogP contribution < -0.4 is 10.6 Å². The van der Waals surface area contributed by atoms with Crippen LogP contribution in [0.25, 0.3) is 0 Å². The van der Waals surface area contributed by atoms with Crippen LogP contribution in [0.1, 0.15) is 51.1 Å². The number of aliphatic imine (C=N–C) groups is 1. The van der Waals surface area contributed by atoms with Crippen LogP contribution in [0.2, 0.25) is 0 Å². The molecule has 1 aliphatic heterocycles. The van der Waals surface area contributed by atoms with Crippen LogP contribution in [0.3, 0.4) is 0 Å². The van der Waals surface area contributed by atoms with Gasteiger partial charge in [-0.25, -0.2) is 0 Å². The van der Waals surface area contributed by atoms with Gasteiger partial charge in [-0.3, -0.25) is 14.7 Å². The van der Waals surface area contributed by atoms with Crippen LogP contribution in [0, 0.1) is 0 Å². The average molecular weight is 391 g/mol. The summed E-state index contributed by atoms with van der Waals surface area (Å²) in [5.74, 6) is 1.04. The first kappa shape index (κ1) is 20.6. The van der Waals surface area contributed by atoms with Crippen molar-refractivity contribution in [3.8, 4) is 0 Å². The molecule has 8 nitrogen and oxygen atoms in total. The molecule has 0 aromatic carbocycles. The summed E-state index contributed by atoms with van der Waals surface area (Å²) in [7, 11) is 0. The van der Waals surface area contributed by atoms with Crippen LogP contribution in [-0.4, -0.2) is 72.1 Å². The predicted octanol–water partition coefficient (Wildman–Crippen LogP) is 1.60. The fraction of sp³-hybridized carbons (Fsp3) is 0.750. The molecule has 156 valence electrons. The van der Waals surface area contributed by atoms with Crippen molar-refractivity contribution >= 4 is 11.9 Å². The number of nitrogens with zero attached hydrogens (tertiary/aromatic N) is 4. The van der Waals surface area contributed by atoms with Crippen LogP contribution in [0.4, 0.5) is 0 Å². The van der Waals surface area contributed by atoms with E-state index in [1.54, 1.807) is 6.26 Å². The zero-order valence-corrected chi connectivity index (χ0v) is 17.0.